The van der Waals surface area contributed by atoms with Crippen LogP contribution in [0.2, 0.25) is 5.02 Å². The highest BCUT2D eigenvalue weighted by molar-refractivity contribution is 7.99. The fourth-order valence-corrected chi connectivity index (χ4v) is 2.96. The van der Waals surface area contributed by atoms with Gasteiger partial charge in [-0.2, -0.15) is 5.10 Å². The summed E-state index contributed by atoms with van der Waals surface area (Å²) in [5, 5.41) is 9.23. The van der Waals surface area contributed by atoms with E-state index in [1.54, 1.807) is 22.8 Å². The first-order chi connectivity index (χ1) is 9.22. The third-order valence-electron chi connectivity index (χ3n) is 3.06. The normalized spacial score (nSPS) is 14.8. The van der Waals surface area contributed by atoms with Crippen molar-refractivity contribution in [2.75, 3.05) is 0 Å². The molecule has 0 aliphatic heterocycles. The van der Waals surface area contributed by atoms with Gasteiger partial charge in [-0.25, -0.2) is 9.67 Å². The van der Waals surface area contributed by atoms with Crippen molar-refractivity contribution in [1.82, 2.24) is 20.1 Å². The maximum absolute atomic E-state index is 6.10. The quantitative estimate of drug-likeness (QED) is 0.921. The Hall–Kier alpha value is -1.04. The summed E-state index contributed by atoms with van der Waals surface area (Å²) in [5.74, 6) is 0. The Morgan fingerprint density at radius 2 is 2.32 bits per heavy atom. The Balaban J connectivity index is 1.80. The average Bonchev–Trinajstić information content (AvgIpc) is 3.13. The van der Waals surface area contributed by atoms with Gasteiger partial charge in [-0.1, -0.05) is 17.7 Å². The van der Waals surface area contributed by atoms with Crippen molar-refractivity contribution in [2.45, 2.75) is 35.5 Å². The SMILES string of the molecule is Cn1ncnc1Sc1cc(Cl)ccc1CNC1CC1. The van der Waals surface area contributed by atoms with E-state index in [1.165, 1.54) is 18.4 Å². The predicted molar refractivity (Wildman–Crippen MR) is 76.4 cm³/mol. The Morgan fingerprint density at radius 1 is 1.47 bits per heavy atom. The summed E-state index contributed by atoms with van der Waals surface area (Å²) in [6.45, 7) is 0.877. The van der Waals surface area contributed by atoms with E-state index in [1.807, 2.05) is 19.2 Å². The van der Waals surface area contributed by atoms with Gasteiger partial charge in [0.1, 0.15) is 6.33 Å². The molecule has 1 aliphatic rings. The third-order valence-corrected chi connectivity index (χ3v) is 4.45. The van der Waals surface area contributed by atoms with Crippen LogP contribution in [0.5, 0.6) is 0 Å². The molecule has 0 radical (unpaired) electrons. The molecule has 3 rings (SSSR count). The highest BCUT2D eigenvalue weighted by atomic mass is 35.5. The van der Waals surface area contributed by atoms with Gasteiger partial charge in [0.25, 0.3) is 0 Å². The standard InChI is InChI=1S/C13H15ClN4S/c1-18-13(16-8-17-18)19-12-6-10(14)3-2-9(12)7-15-11-4-5-11/h2-3,6,8,11,15H,4-5,7H2,1H3. The van der Waals surface area contributed by atoms with Crippen LogP contribution >= 0.6 is 23.4 Å². The van der Waals surface area contributed by atoms with Crippen LogP contribution in [-0.2, 0) is 13.6 Å². The summed E-state index contributed by atoms with van der Waals surface area (Å²) in [6.07, 6.45) is 4.15. The maximum Gasteiger partial charge on any atom is 0.190 e. The second-order valence-electron chi connectivity index (χ2n) is 4.68. The highest BCUT2D eigenvalue weighted by Crippen LogP contribution is 2.31. The minimum Gasteiger partial charge on any atom is -0.310 e. The van der Waals surface area contributed by atoms with Crippen LogP contribution in [0.1, 0.15) is 18.4 Å². The minimum atomic E-state index is 0.698. The van der Waals surface area contributed by atoms with Crippen molar-refractivity contribution < 1.29 is 0 Å². The maximum atomic E-state index is 6.10. The lowest BCUT2D eigenvalue weighted by molar-refractivity contribution is 0.676. The summed E-state index contributed by atoms with van der Waals surface area (Å²) < 4.78 is 1.77. The van der Waals surface area contributed by atoms with Gasteiger partial charge < -0.3 is 5.32 Å². The van der Waals surface area contributed by atoms with Gasteiger partial charge in [-0.05, 0) is 42.3 Å². The number of halogens is 1. The molecule has 0 saturated heterocycles. The summed E-state index contributed by atoms with van der Waals surface area (Å²) in [6, 6.07) is 6.70. The monoisotopic (exact) mass is 294 g/mol. The van der Waals surface area contributed by atoms with E-state index in [2.05, 4.69) is 21.5 Å². The topological polar surface area (TPSA) is 42.7 Å². The molecule has 0 unspecified atom stereocenters. The molecule has 0 bridgehead atoms. The molecule has 1 aliphatic carbocycles. The first-order valence-electron chi connectivity index (χ1n) is 6.26. The summed E-state index contributed by atoms with van der Waals surface area (Å²) >= 11 is 7.69. The van der Waals surface area contributed by atoms with Gasteiger partial charge in [-0.15, -0.1) is 0 Å². The Kier molecular flexibility index (Phi) is 3.77. The lowest BCUT2D eigenvalue weighted by atomic mass is 10.2. The molecule has 1 heterocycles. The summed E-state index contributed by atoms with van der Waals surface area (Å²) in [5.41, 5.74) is 1.25. The number of rotatable bonds is 5. The number of aromatic nitrogens is 3. The fourth-order valence-electron chi connectivity index (χ4n) is 1.79. The summed E-state index contributed by atoms with van der Waals surface area (Å²) in [7, 11) is 1.89. The lowest BCUT2D eigenvalue weighted by Crippen LogP contribution is -2.15. The smallest absolute Gasteiger partial charge is 0.190 e. The zero-order chi connectivity index (χ0) is 13.2. The van der Waals surface area contributed by atoms with Gasteiger partial charge in [-0.3, -0.25) is 0 Å². The van der Waals surface area contributed by atoms with Crippen molar-refractivity contribution in [3.63, 3.8) is 0 Å². The van der Waals surface area contributed by atoms with E-state index < -0.39 is 0 Å². The molecule has 1 aromatic carbocycles. The van der Waals surface area contributed by atoms with E-state index in [0.29, 0.717) is 6.04 Å². The molecule has 1 N–H and O–H groups in total. The van der Waals surface area contributed by atoms with Crippen LogP contribution < -0.4 is 5.32 Å². The van der Waals surface area contributed by atoms with E-state index in [-0.39, 0.29) is 0 Å². The van der Waals surface area contributed by atoms with Crippen LogP contribution in [0.4, 0.5) is 0 Å². The van der Waals surface area contributed by atoms with E-state index >= 15 is 0 Å². The molecule has 0 spiro atoms. The molecule has 1 saturated carbocycles. The van der Waals surface area contributed by atoms with Crippen LogP contribution in [0.25, 0.3) is 0 Å². The van der Waals surface area contributed by atoms with Crippen molar-refractivity contribution in [3.8, 4) is 0 Å². The first-order valence-corrected chi connectivity index (χ1v) is 7.45. The number of hydrogen-bond acceptors (Lipinski definition) is 4. The van der Waals surface area contributed by atoms with Gasteiger partial charge in [0.05, 0.1) is 0 Å². The van der Waals surface area contributed by atoms with Crippen LogP contribution in [0, 0.1) is 0 Å². The van der Waals surface area contributed by atoms with Crippen LogP contribution in [-0.4, -0.2) is 20.8 Å². The lowest BCUT2D eigenvalue weighted by Gasteiger charge is -2.10. The van der Waals surface area contributed by atoms with Crippen molar-refractivity contribution in [3.05, 3.63) is 35.1 Å². The van der Waals surface area contributed by atoms with E-state index in [9.17, 15) is 0 Å². The highest BCUT2D eigenvalue weighted by Gasteiger charge is 2.20. The average molecular weight is 295 g/mol. The third kappa shape index (κ3) is 3.29. The number of nitrogens with zero attached hydrogens (tertiary/aromatic N) is 3. The number of benzene rings is 1. The molecule has 4 nitrogen and oxygen atoms in total. The molecular formula is C13H15ClN4S. The first kappa shape index (κ1) is 13.0. The van der Waals surface area contributed by atoms with Crippen molar-refractivity contribution in [2.24, 2.45) is 7.05 Å². The molecular weight excluding hydrogens is 280 g/mol. The zero-order valence-corrected chi connectivity index (χ0v) is 12.2. The molecule has 2 aromatic rings. The molecule has 1 aromatic heterocycles. The molecule has 1 fully saturated rings. The predicted octanol–water partition coefficient (Wildman–Crippen LogP) is 2.87. The van der Waals surface area contributed by atoms with Crippen LogP contribution in [0.3, 0.4) is 0 Å². The largest absolute Gasteiger partial charge is 0.310 e. The molecule has 6 heteroatoms. The fraction of sp³-hybridized carbons (Fsp3) is 0.385. The van der Waals surface area contributed by atoms with Crippen molar-refractivity contribution >= 4 is 23.4 Å². The Morgan fingerprint density at radius 3 is 3.00 bits per heavy atom. The minimum absolute atomic E-state index is 0.698. The van der Waals surface area contributed by atoms with Gasteiger partial charge >= 0.3 is 0 Å². The van der Waals surface area contributed by atoms with Gasteiger partial charge in [0, 0.05) is 29.6 Å². The van der Waals surface area contributed by atoms with Gasteiger partial charge in [0.2, 0.25) is 0 Å². The van der Waals surface area contributed by atoms with E-state index in [4.69, 9.17) is 11.6 Å². The second kappa shape index (κ2) is 5.53. The Labute approximate surface area is 121 Å². The number of aryl methyl sites for hydroxylation is 1. The summed E-state index contributed by atoms with van der Waals surface area (Å²) in [4.78, 5) is 5.38. The zero-order valence-electron chi connectivity index (χ0n) is 10.6. The molecule has 0 atom stereocenters. The molecule has 100 valence electrons. The number of nitrogens with one attached hydrogen (secondary N) is 1. The van der Waals surface area contributed by atoms with E-state index in [0.717, 1.165) is 21.6 Å². The van der Waals surface area contributed by atoms with Gasteiger partial charge in [0.15, 0.2) is 5.16 Å². The van der Waals surface area contributed by atoms with Crippen molar-refractivity contribution in [1.29, 1.82) is 0 Å². The van der Waals surface area contributed by atoms with Crippen LogP contribution in [0.15, 0.2) is 34.6 Å². The second-order valence-corrected chi connectivity index (χ2v) is 6.12. The number of hydrogen-bond donors (Lipinski definition) is 1. The molecule has 19 heavy (non-hydrogen) atoms. The Bertz CT molecular complexity index is 580. The molecule has 0 amide bonds.